The molecule has 0 aromatic rings. The summed E-state index contributed by atoms with van der Waals surface area (Å²) in [6, 6.07) is 0. The van der Waals surface area contributed by atoms with Crippen LogP contribution in [-0.4, -0.2) is 61.6 Å². The molecule has 0 amide bonds. The second kappa shape index (κ2) is 14.9. The zero-order chi connectivity index (χ0) is 15.3. The van der Waals surface area contributed by atoms with Crippen molar-refractivity contribution in [3.8, 4) is 0 Å². The third-order valence-corrected chi connectivity index (χ3v) is 5.17. The SMILES string of the molecule is CCCN(CCC)CCCNC(=NC)NCC1CCCS1.I. The average molecular weight is 442 g/mol. The van der Waals surface area contributed by atoms with Crippen molar-refractivity contribution < 1.29 is 0 Å². The molecule has 0 spiro atoms. The number of hydrogen-bond donors (Lipinski definition) is 2. The van der Waals surface area contributed by atoms with Crippen LogP contribution >= 0.6 is 35.7 Å². The second-order valence-corrected chi connectivity index (χ2v) is 7.12. The van der Waals surface area contributed by atoms with Gasteiger partial charge in [-0.05, 0) is 57.5 Å². The molecule has 1 fully saturated rings. The molecule has 1 aliphatic rings. The molecule has 0 aromatic heterocycles. The van der Waals surface area contributed by atoms with Crippen LogP contribution in [0.3, 0.4) is 0 Å². The fraction of sp³-hybridized carbons (Fsp3) is 0.938. The number of hydrogen-bond acceptors (Lipinski definition) is 3. The van der Waals surface area contributed by atoms with Crippen molar-refractivity contribution in [2.24, 2.45) is 4.99 Å². The van der Waals surface area contributed by atoms with Crippen LogP contribution in [0, 0.1) is 0 Å². The van der Waals surface area contributed by atoms with E-state index in [1.165, 1.54) is 57.5 Å². The van der Waals surface area contributed by atoms with E-state index in [-0.39, 0.29) is 24.0 Å². The van der Waals surface area contributed by atoms with Crippen molar-refractivity contribution in [1.82, 2.24) is 15.5 Å². The molecule has 4 nitrogen and oxygen atoms in total. The first-order valence-electron chi connectivity index (χ1n) is 8.58. The number of thioether (sulfide) groups is 1. The van der Waals surface area contributed by atoms with Crippen molar-refractivity contribution in [3.05, 3.63) is 0 Å². The Labute approximate surface area is 158 Å². The van der Waals surface area contributed by atoms with Gasteiger partial charge in [0.25, 0.3) is 0 Å². The van der Waals surface area contributed by atoms with Gasteiger partial charge >= 0.3 is 0 Å². The van der Waals surface area contributed by atoms with Crippen molar-refractivity contribution in [1.29, 1.82) is 0 Å². The maximum Gasteiger partial charge on any atom is 0.191 e. The lowest BCUT2D eigenvalue weighted by atomic mass is 10.2. The van der Waals surface area contributed by atoms with Gasteiger partial charge in [-0.2, -0.15) is 11.8 Å². The van der Waals surface area contributed by atoms with E-state index in [4.69, 9.17) is 0 Å². The molecule has 1 heterocycles. The predicted octanol–water partition coefficient (Wildman–Crippen LogP) is 3.18. The summed E-state index contributed by atoms with van der Waals surface area (Å²) < 4.78 is 0. The van der Waals surface area contributed by atoms with Crippen LogP contribution in [0.5, 0.6) is 0 Å². The minimum Gasteiger partial charge on any atom is -0.356 e. The van der Waals surface area contributed by atoms with E-state index in [2.05, 4.69) is 46.1 Å². The van der Waals surface area contributed by atoms with Gasteiger partial charge in [0.05, 0.1) is 0 Å². The molecule has 0 saturated carbocycles. The lowest BCUT2D eigenvalue weighted by Gasteiger charge is -2.21. The fourth-order valence-corrected chi connectivity index (χ4v) is 3.91. The zero-order valence-electron chi connectivity index (χ0n) is 14.6. The monoisotopic (exact) mass is 442 g/mol. The summed E-state index contributed by atoms with van der Waals surface area (Å²) in [5.41, 5.74) is 0. The standard InChI is InChI=1S/C16H34N4S.HI/c1-4-10-20(11-5-2)12-7-9-18-16(17-3)19-14-15-8-6-13-21-15;/h15H,4-14H2,1-3H3,(H2,17,18,19);1H. The van der Waals surface area contributed by atoms with Crippen molar-refractivity contribution in [2.45, 2.75) is 51.2 Å². The summed E-state index contributed by atoms with van der Waals surface area (Å²) in [5.74, 6) is 2.28. The summed E-state index contributed by atoms with van der Waals surface area (Å²) in [5, 5.41) is 7.66. The van der Waals surface area contributed by atoms with Crippen LogP contribution in [0.4, 0.5) is 0 Å². The summed E-state index contributed by atoms with van der Waals surface area (Å²) in [6.07, 6.45) is 6.38. The van der Waals surface area contributed by atoms with Crippen LogP contribution in [0.25, 0.3) is 0 Å². The van der Waals surface area contributed by atoms with E-state index in [0.29, 0.717) is 0 Å². The number of rotatable bonds is 10. The zero-order valence-corrected chi connectivity index (χ0v) is 17.7. The molecule has 1 saturated heterocycles. The van der Waals surface area contributed by atoms with Crippen LogP contribution in [-0.2, 0) is 0 Å². The first-order chi connectivity index (χ1) is 10.3. The van der Waals surface area contributed by atoms with Gasteiger partial charge in [0, 0.05) is 25.4 Å². The summed E-state index contributed by atoms with van der Waals surface area (Å²) in [7, 11) is 1.86. The third-order valence-electron chi connectivity index (χ3n) is 3.77. The van der Waals surface area contributed by atoms with Gasteiger partial charge in [-0.1, -0.05) is 13.8 Å². The van der Waals surface area contributed by atoms with E-state index in [0.717, 1.165) is 24.3 Å². The Balaban J connectivity index is 0.00000441. The highest BCUT2D eigenvalue weighted by Crippen LogP contribution is 2.25. The molecule has 0 bridgehead atoms. The topological polar surface area (TPSA) is 39.7 Å². The molecule has 0 aromatic carbocycles. The highest BCUT2D eigenvalue weighted by molar-refractivity contribution is 14.0. The van der Waals surface area contributed by atoms with E-state index in [1.54, 1.807) is 0 Å². The predicted molar refractivity (Wildman–Crippen MR) is 112 cm³/mol. The molecule has 0 radical (unpaired) electrons. The molecule has 1 atom stereocenters. The highest BCUT2D eigenvalue weighted by Gasteiger charge is 2.15. The van der Waals surface area contributed by atoms with Gasteiger partial charge in [0.1, 0.15) is 0 Å². The van der Waals surface area contributed by atoms with Gasteiger partial charge in [-0.3, -0.25) is 4.99 Å². The van der Waals surface area contributed by atoms with Gasteiger partial charge in [-0.15, -0.1) is 24.0 Å². The average Bonchev–Trinajstić information content (AvgIpc) is 3.00. The Morgan fingerprint density at radius 1 is 1.18 bits per heavy atom. The Morgan fingerprint density at radius 2 is 1.91 bits per heavy atom. The van der Waals surface area contributed by atoms with Crippen LogP contribution in [0.15, 0.2) is 4.99 Å². The van der Waals surface area contributed by atoms with Crippen molar-refractivity contribution >= 4 is 41.7 Å². The minimum atomic E-state index is 0. The van der Waals surface area contributed by atoms with E-state index in [9.17, 15) is 0 Å². The first-order valence-corrected chi connectivity index (χ1v) is 9.63. The van der Waals surface area contributed by atoms with Crippen molar-refractivity contribution in [3.63, 3.8) is 0 Å². The summed E-state index contributed by atoms with van der Waals surface area (Å²) >= 11 is 2.09. The maximum atomic E-state index is 4.31. The molecule has 6 heteroatoms. The normalized spacial score (nSPS) is 18.4. The quantitative estimate of drug-likeness (QED) is 0.236. The number of aliphatic imine (C=N–C) groups is 1. The second-order valence-electron chi connectivity index (χ2n) is 5.71. The summed E-state index contributed by atoms with van der Waals surface area (Å²) in [6.45, 7) is 10.2. The fourth-order valence-electron chi connectivity index (χ4n) is 2.71. The molecule has 1 rings (SSSR count). The molecular weight excluding hydrogens is 407 g/mol. The Kier molecular flexibility index (Phi) is 15.1. The van der Waals surface area contributed by atoms with Gasteiger partial charge in [0.2, 0.25) is 0 Å². The molecule has 1 unspecified atom stereocenters. The maximum absolute atomic E-state index is 4.31. The number of nitrogens with one attached hydrogen (secondary N) is 2. The van der Waals surface area contributed by atoms with Gasteiger partial charge in [-0.25, -0.2) is 0 Å². The van der Waals surface area contributed by atoms with Gasteiger partial charge < -0.3 is 15.5 Å². The van der Waals surface area contributed by atoms with Crippen molar-refractivity contribution in [2.75, 3.05) is 45.5 Å². The highest BCUT2D eigenvalue weighted by atomic mass is 127. The van der Waals surface area contributed by atoms with E-state index < -0.39 is 0 Å². The smallest absolute Gasteiger partial charge is 0.191 e. The van der Waals surface area contributed by atoms with Crippen LogP contribution in [0.1, 0.15) is 46.0 Å². The first kappa shape index (κ1) is 22.3. The Morgan fingerprint density at radius 3 is 2.45 bits per heavy atom. The Hall–Kier alpha value is 0.310. The minimum absolute atomic E-state index is 0. The van der Waals surface area contributed by atoms with Crippen LogP contribution < -0.4 is 10.6 Å². The lowest BCUT2D eigenvalue weighted by Crippen LogP contribution is -2.41. The van der Waals surface area contributed by atoms with Crippen LogP contribution in [0.2, 0.25) is 0 Å². The molecule has 22 heavy (non-hydrogen) atoms. The molecule has 0 aliphatic carbocycles. The van der Waals surface area contributed by atoms with E-state index >= 15 is 0 Å². The third kappa shape index (κ3) is 10.2. The largest absolute Gasteiger partial charge is 0.356 e. The van der Waals surface area contributed by atoms with Gasteiger partial charge in [0.15, 0.2) is 5.96 Å². The molecule has 1 aliphatic heterocycles. The lowest BCUT2D eigenvalue weighted by molar-refractivity contribution is 0.271. The number of nitrogens with zero attached hydrogens (tertiary/aromatic N) is 2. The number of guanidine groups is 1. The molecule has 2 N–H and O–H groups in total. The number of halogens is 1. The van der Waals surface area contributed by atoms with E-state index in [1.807, 2.05) is 7.05 Å². The molecule has 132 valence electrons. The molecular formula is C16H35IN4S. The summed E-state index contributed by atoms with van der Waals surface area (Å²) in [4.78, 5) is 6.87. The Bertz CT molecular complexity index is 277.